The third kappa shape index (κ3) is 3.35. The fourth-order valence-electron chi connectivity index (χ4n) is 2.33. The first-order valence-corrected chi connectivity index (χ1v) is 6.97. The molecule has 0 aliphatic carbocycles. The number of anilines is 1. The van der Waals surface area contributed by atoms with Crippen molar-refractivity contribution in [1.82, 2.24) is 0 Å². The van der Waals surface area contributed by atoms with Crippen LogP contribution in [-0.4, -0.2) is 7.11 Å². The number of nitrogens with zero attached hydrogens (tertiary/aromatic N) is 1. The lowest BCUT2D eigenvalue weighted by Gasteiger charge is -2.20. The van der Waals surface area contributed by atoms with E-state index in [1.807, 2.05) is 38.1 Å². The lowest BCUT2D eigenvalue weighted by molar-refractivity contribution is 0.407. The number of nitriles is 1. The molecule has 0 aromatic heterocycles. The molecule has 0 radical (unpaired) electrons. The van der Waals surface area contributed by atoms with Crippen molar-refractivity contribution < 1.29 is 4.74 Å². The van der Waals surface area contributed by atoms with Gasteiger partial charge in [-0.1, -0.05) is 18.2 Å². The maximum absolute atomic E-state index is 9.02. The molecule has 0 saturated carbocycles. The summed E-state index contributed by atoms with van der Waals surface area (Å²) >= 11 is 0. The molecule has 1 atom stereocenters. The van der Waals surface area contributed by atoms with E-state index < -0.39 is 0 Å². The van der Waals surface area contributed by atoms with Gasteiger partial charge in [0.2, 0.25) is 0 Å². The highest BCUT2D eigenvalue weighted by molar-refractivity contribution is 5.57. The van der Waals surface area contributed by atoms with Gasteiger partial charge in [0.25, 0.3) is 0 Å². The van der Waals surface area contributed by atoms with Crippen LogP contribution in [0.5, 0.6) is 5.75 Å². The van der Waals surface area contributed by atoms with E-state index in [1.165, 1.54) is 5.56 Å². The molecular weight excluding hydrogens is 260 g/mol. The van der Waals surface area contributed by atoms with Gasteiger partial charge in [-0.2, -0.15) is 5.26 Å². The second kappa shape index (κ2) is 6.32. The summed E-state index contributed by atoms with van der Waals surface area (Å²) < 4.78 is 5.47. The van der Waals surface area contributed by atoms with Gasteiger partial charge in [0.1, 0.15) is 5.75 Å². The van der Waals surface area contributed by atoms with E-state index in [9.17, 15) is 0 Å². The van der Waals surface area contributed by atoms with Crippen LogP contribution in [0.2, 0.25) is 0 Å². The Morgan fingerprint density at radius 3 is 2.57 bits per heavy atom. The van der Waals surface area contributed by atoms with Crippen molar-refractivity contribution in [3.8, 4) is 11.8 Å². The maximum atomic E-state index is 9.02. The number of nitrogens with one attached hydrogen (secondary N) is 1. The van der Waals surface area contributed by atoms with Gasteiger partial charge < -0.3 is 10.1 Å². The fourth-order valence-corrected chi connectivity index (χ4v) is 2.33. The van der Waals surface area contributed by atoms with Crippen LogP contribution < -0.4 is 10.1 Å². The van der Waals surface area contributed by atoms with E-state index in [0.717, 1.165) is 22.6 Å². The summed E-state index contributed by atoms with van der Waals surface area (Å²) in [7, 11) is 1.69. The molecule has 2 aromatic carbocycles. The molecule has 0 spiro atoms. The zero-order valence-corrected chi connectivity index (χ0v) is 12.9. The Morgan fingerprint density at radius 1 is 1.14 bits per heavy atom. The lowest BCUT2D eigenvalue weighted by Crippen LogP contribution is -2.09. The Balaban J connectivity index is 2.30. The van der Waals surface area contributed by atoms with Gasteiger partial charge in [-0.25, -0.2) is 0 Å². The van der Waals surface area contributed by atoms with E-state index >= 15 is 0 Å². The molecule has 1 unspecified atom stereocenters. The predicted octanol–water partition coefficient (Wildman–Crippen LogP) is 4.36. The first-order chi connectivity index (χ1) is 10.0. The number of hydrogen-bond donors (Lipinski definition) is 1. The Hall–Kier alpha value is -2.47. The topological polar surface area (TPSA) is 45.0 Å². The van der Waals surface area contributed by atoms with Gasteiger partial charge in [0, 0.05) is 11.3 Å². The summed E-state index contributed by atoms with van der Waals surface area (Å²) in [5, 5.41) is 12.5. The minimum absolute atomic E-state index is 0.0909. The molecule has 0 bridgehead atoms. The average molecular weight is 280 g/mol. The van der Waals surface area contributed by atoms with Gasteiger partial charge in [0.15, 0.2) is 0 Å². The van der Waals surface area contributed by atoms with Crippen molar-refractivity contribution in [1.29, 1.82) is 5.26 Å². The number of ether oxygens (including phenoxy) is 1. The lowest BCUT2D eigenvalue weighted by atomic mass is 10.0. The molecule has 0 saturated heterocycles. The molecule has 0 amide bonds. The summed E-state index contributed by atoms with van der Waals surface area (Å²) in [5.74, 6) is 0.879. The van der Waals surface area contributed by atoms with Gasteiger partial charge >= 0.3 is 0 Å². The molecule has 0 heterocycles. The van der Waals surface area contributed by atoms with E-state index in [-0.39, 0.29) is 6.04 Å². The Morgan fingerprint density at radius 2 is 1.90 bits per heavy atom. The number of hydrogen-bond acceptors (Lipinski definition) is 3. The van der Waals surface area contributed by atoms with E-state index in [4.69, 9.17) is 10.00 Å². The third-order valence-corrected chi connectivity index (χ3v) is 3.59. The normalized spacial score (nSPS) is 11.6. The van der Waals surface area contributed by atoms with Crippen LogP contribution in [0.1, 0.15) is 35.2 Å². The van der Waals surface area contributed by atoms with Crippen LogP contribution in [0.25, 0.3) is 0 Å². The number of rotatable bonds is 4. The van der Waals surface area contributed by atoms with Gasteiger partial charge in [0.05, 0.1) is 24.8 Å². The van der Waals surface area contributed by atoms with Crippen LogP contribution in [0.3, 0.4) is 0 Å². The monoisotopic (exact) mass is 280 g/mol. The van der Waals surface area contributed by atoms with Gasteiger partial charge in [-0.15, -0.1) is 0 Å². The van der Waals surface area contributed by atoms with Crippen molar-refractivity contribution in [2.45, 2.75) is 26.8 Å². The van der Waals surface area contributed by atoms with Gasteiger partial charge in [-0.3, -0.25) is 0 Å². The van der Waals surface area contributed by atoms with Gasteiger partial charge in [-0.05, 0) is 50.1 Å². The first kappa shape index (κ1) is 14.9. The summed E-state index contributed by atoms with van der Waals surface area (Å²) in [6.45, 7) is 6.17. The highest BCUT2D eigenvalue weighted by atomic mass is 16.5. The van der Waals surface area contributed by atoms with Crippen molar-refractivity contribution >= 4 is 5.69 Å². The maximum Gasteiger partial charge on any atom is 0.124 e. The SMILES string of the molecule is COc1cc(C)ccc1C(C)Nc1cc(C#N)ccc1C. The van der Waals surface area contributed by atoms with Crippen LogP contribution >= 0.6 is 0 Å². The van der Waals surface area contributed by atoms with Crippen molar-refractivity contribution in [2.75, 3.05) is 12.4 Å². The standard InChI is InChI=1S/C18H20N2O/c1-12-5-8-16(18(9-12)21-4)14(3)20-17-10-15(11-19)7-6-13(17)2/h5-10,14,20H,1-4H3. The van der Waals surface area contributed by atoms with Crippen LogP contribution in [0.4, 0.5) is 5.69 Å². The predicted molar refractivity (Wildman–Crippen MR) is 85.7 cm³/mol. The third-order valence-electron chi connectivity index (χ3n) is 3.59. The molecule has 0 aliphatic rings. The average Bonchev–Trinajstić information content (AvgIpc) is 2.49. The van der Waals surface area contributed by atoms with Crippen molar-refractivity contribution in [3.63, 3.8) is 0 Å². The highest BCUT2D eigenvalue weighted by Crippen LogP contribution is 2.29. The van der Waals surface area contributed by atoms with E-state index in [1.54, 1.807) is 7.11 Å². The van der Waals surface area contributed by atoms with Crippen molar-refractivity contribution in [3.05, 3.63) is 58.7 Å². The quantitative estimate of drug-likeness (QED) is 0.905. The molecule has 21 heavy (non-hydrogen) atoms. The molecule has 3 heteroatoms. The fraction of sp³-hybridized carbons (Fsp3) is 0.278. The minimum atomic E-state index is 0.0909. The molecule has 1 N–H and O–H groups in total. The highest BCUT2D eigenvalue weighted by Gasteiger charge is 2.12. The first-order valence-electron chi connectivity index (χ1n) is 6.97. The Kier molecular flexibility index (Phi) is 4.49. The summed E-state index contributed by atoms with van der Waals surface area (Å²) in [6, 6.07) is 14.1. The van der Waals surface area contributed by atoms with E-state index in [0.29, 0.717) is 5.56 Å². The molecule has 3 nitrogen and oxygen atoms in total. The van der Waals surface area contributed by atoms with Crippen LogP contribution in [-0.2, 0) is 0 Å². The largest absolute Gasteiger partial charge is 0.496 e. The molecule has 108 valence electrons. The molecule has 0 fully saturated rings. The zero-order valence-electron chi connectivity index (χ0n) is 12.9. The number of methoxy groups -OCH3 is 1. The van der Waals surface area contributed by atoms with Crippen LogP contribution in [0.15, 0.2) is 36.4 Å². The summed E-state index contributed by atoms with van der Waals surface area (Å²) in [4.78, 5) is 0. The Bertz CT molecular complexity index is 686. The van der Waals surface area contributed by atoms with Crippen molar-refractivity contribution in [2.24, 2.45) is 0 Å². The molecule has 2 rings (SSSR count). The summed E-state index contributed by atoms with van der Waals surface area (Å²) in [5.41, 5.74) is 5.03. The molecule has 2 aromatic rings. The second-order valence-electron chi connectivity index (χ2n) is 5.25. The number of benzene rings is 2. The zero-order chi connectivity index (χ0) is 15.4. The Labute approximate surface area is 126 Å². The second-order valence-corrected chi connectivity index (χ2v) is 5.25. The smallest absolute Gasteiger partial charge is 0.124 e. The number of aryl methyl sites for hydroxylation is 2. The molecular formula is C18H20N2O. The van der Waals surface area contributed by atoms with Crippen LogP contribution in [0, 0.1) is 25.2 Å². The molecule has 0 aliphatic heterocycles. The minimum Gasteiger partial charge on any atom is -0.496 e. The van der Waals surface area contributed by atoms with E-state index in [2.05, 4.69) is 30.4 Å². The summed E-state index contributed by atoms with van der Waals surface area (Å²) in [6.07, 6.45) is 0.